The Morgan fingerprint density at radius 2 is 2.11 bits per heavy atom. The first kappa shape index (κ1) is 13.0. The topological polar surface area (TPSA) is 33.1 Å². The van der Waals surface area contributed by atoms with E-state index in [4.69, 9.17) is 11.6 Å². The van der Waals surface area contributed by atoms with Crippen LogP contribution in [0.2, 0.25) is 5.02 Å². The average molecular weight is 266 g/mol. The Morgan fingerprint density at radius 3 is 2.78 bits per heavy atom. The summed E-state index contributed by atoms with van der Waals surface area (Å²) in [6.45, 7) is 1.87. The molecule has 1 aromatic heterocycles. The van der Waals surface area contributed by atoms with E-state index in [9.17, 15) is 9.50 Å². The van der Waals surface area contributed by atoms with Gasteiger partial charge in [-0.2, -0.15) is 0 Å². The zero-order valence-electron chi connectivity index (χ0n) is 9.90. The van der Waals surface area contributed by atoms with Gasteiger partial charge in [0.1, 0.15) is 5.82 Å². The number of aryl methyl sites for hydroxylation is 1. The molecule has 0 saturated carbocycles. The summed E-state index contributed by atoms with van der Waals surface area (Å²) in [5.74, 6) is -0.362. The quantitative estimate of drug-likeness (QED) is 0.922. The summed E-state index contributed by atoms with van der Waals surface area (Å²) >= 11 is 5.81. The largest absolute Gasteiger partial charge is 0.388 e. The fourth-order valence-corrected chi connectivity index (χ4v) is 1.90. The van der Waals surface area contributed by atoms with E-state index >= 15 is 0 Å². The van der Waals surface area contributed by atoms with Crippen molar-refractivity contribution in [1.82, 2.24) is 4.98 Å². The standard InChI is InChI=1S/C14H13ClFNO/c1-9-2-3-10(8-17-9)14(18)7-11-6-12(15)4-5-13(11)16/h2-6,8,14,18H,7H2,1H3. The third-order valence-corrected chi connectivity index (χ3v) is 2.98. The SMILES string of the molecule is Cc1ccc(C(O)Cc2cc(Cl)ccc2F)cn1. The molecule has 0 spiro atoms. The maximum atomic E-state index is 13.5. The zero-order chi connectivity index (χ0) is 13.1. The van der Waals surface area contributed by atoms with Crippen molar-refractivity contribution in [1.29, 1.82) is 0 Å². The monoisotopic (exact) mass is 265 g/mol. The Morgan fingerprint density at radius 1 is 1.33 bits per heavy atom. The van der Waals surface area contributed by atoms with E-state index in [-0.39, 0.29) is 12.2 Å². The molecule has 1 unspecified atom stereocenters. The van der Waals surface area contributed by atoms with Gasteiger partial charge in [-0.1, -0.05) is 17.7 Å². The molecule has 1 atom stereocenters. The molecule has 2 rings (SSSR count). The zero-order valence-corrected chi connectivity index (χ0v) is 10.7. The smallest absolute Gasteiger partial charge is 0.126 e. The third kappa shape index (κ3) is 3.06. The first-order valence-electron chi connectivity index (χ1n) is 5.61. The predicted molar refractivity (Wildman–Crippen MR) is 69.0 cm³/mol. The first-order valence-corrected chi connectivity index (χ1v) is 5.98. The van der Waals surface area contributed by atoms with E-state index in [1.54, 1.807) is 12.3 Å². The molecule has 0 aliphatic carbocycles. The number of halogens is 2. The fourth-order valence-electron chi connectivity index (χ4n) is 1.70. The van der Waals surface area contributed by atoms with Gasteiger partial charge in [0.2, 0.25) is 0 Å². The Balaban J connectivity index is 2.18. The Labute approximate surface area is 110 Å². The molecule has 2 nitrogen and oxygen atoms in total. The summed E-state index contributed by atoms with van der Waals surface area (Å²) in [4.78, 5) is 4.10. The second-order valence-corrected chi connectivity index (χ2v) is 4.63. The van der Waals surface area contributed by atoms with Crippen LogP contribution in [0.5, 0.6) is 0 Å². The van der Waals surface area contributed by atoms with Crippen molar-refractivity contribution in [3.63, 3.8) is 0 Å². The van der Waals surface area contributed by atoms with Gasteiger partial charge >= 0.3 is 0 Å². The van der Waals surface area contributed by atoms with Gasteiger partial charge in [0.05, 0.1) is 6.10 Å². The van der Waals surface area contributed by atoms with Gasteiger partial charge in [0.25, 0.3) is 0 Å². The fraction of sp³-hybridized carbons (Fsp3) is 0.214. The Kier molecular flexibility index (Phi) is 3.94. The highest BCUT2D eigenvalue weighted by Crippen LogP contribution is 2.22. The minimum absolute atomic E-state index is 0.178. The lowest BCUT2D eigenvalue weighted by Crippen LogP contribution is -2.04. The number of aliphatic hydroxyl groups is 1. The number of hydrogen-bond donors (Lipinski definition) is 1. The third-order valence-electron chi connectivity index (χ3n) is 2.74. The van der Waals surface area contributed by atoms with Crippen molar-refractivity contribution in [2.24, 2.45) is 0 Å². The van der Waals surface area contributed by atoms with Gasteiger partial charge in [-0.15, -0.1) is 0 Å². The van der Waals surface area contributed by atoms with E-state index in [0.717, 1.165) is 5.69 Å². The maximum Gasteiger partial charge on any atom is 0.126 e. The van der Waals surface area contributed by atoms with Crippen molar-refractivity contribution in [3.05, 3.63) is 64.2 Å². The molecule has 1 heterocycles. The van der Waals surface area contributed by atoms with Crippen LogP contribution < -0.4 is 0 Å². The van der Waals surface area contributed by atoms with Crippen LogP contribution in [0.25, 0.3) is 0 Å². The molecule has 94 valence electrons. The molecule has 18 heavy (non-hydrogen) atoms. The summed E-state index contributed by atoms with van der Waals surface area (Å²) in [5, 5.41) is 10.5. The summed E-state index contributed by atoms with van der Waals surface area (Å²) < 4.78 is 13.5. The van der Waals surface area contributed by atoms with E-state index in [2.05, 4.69) is 4.98 Å². The van der Waals surface area contributed by atoms with Gasteiger partial charge in [0, 0.05) is 23.3 Å². The molecule has 0 saturated heterocycles. The molecule has 0 amide bonds. The highest BCUT2D eigenvalue weighted by Gasteiger charge is 2.12. The van der Waals surface area contributed by atoms with Gasteiger partial charge < -0.3 is 5.11 Å². The van der Waals surface area contributed by atoms with Gasteiger partial charge in [-0.3, -0.25) is 4.98 Å². The van der Waals surface area contributed by atoms with Crippen LogP contribution >= 0.6 is 11.6 Å². The lowest BCUT2D eigenvalue weighted by Gasteiger charge is -2.11. The first-order chi connectivity index (χ1) is 8.56. The number of aliphatic hydroxyl groups excluding tert-OH is 1. The highest BCUT2D eigenvalue weighted by atomic mass is 35.5. The predicted octanol–water partition coefficient (Wildman–Crippen LogP) is 3.46. The molecular formula is C14H13ClFNO. The summed E-state index contributed by atoms with van der Waals surface area (Å²) in [6, 6.07) is 7.92. The van der Waals surface area contributed by atoms with Crippen LogP contribution in [-0.2, 0) is 6.42 Å². The number of nitrogens with zero attached hydrogens (tertiary/aromatic N) is 1. The van der Waals surface area contributed by atoms with E-state index < -0.39 is 6.10 Å². The van der Waals surface area contributed by atoms with Crippen molar-refractivity contribution in [3.8, 4) is 0 Å². The minimum atomic E-state index is -0.786. The van der Waals surface area contributed by atoms with Gasteiger partial charge in [0.15, 0.2) is 0 Å². The van der Waals surface area contributed by atoms with Crippen LogP contribution in [0.4, 0.5) is 4.39 Å². The maximum absolute atomic E-state index is 13.5. The summed E-state index contributed by atoms with van der Waals surface area (Å²) in [6.07, 6.45) is 0.991. The number of rotatable bonds is 3. The minimum Gasteiger partial charge on any atom is -0.388 e. The highest BCUT2D eigenvalue weighted by molar-refractivity contribution is 6.30. The summed E-state index contributed by atoms with van der Waals surface area (Å²) in [7, 11) is 0. The molecule has 0 aliphatic rings. The molecular weight excluding hydrogens is 253 g/mol. The van der Waals surface area contributed by atoms with Crippen molar-refractivity contribution in [2.75, 3.05) is 0 Å². The number of benzene rings is 1. The summed E-state index contributed by atoms with van der Waals surface area (Å²) in [5.41, 5.74) is 1.94. The van der Waals surface area contributed by atoms with E-state index in [1.165, 1.54) is 18.2 Å². The lowest BCUT2D eigenvalue weighted by atomic mass is 10.0. The Bertz CT molecular complexity index is 542. The molecule has 0 fully saturated rings. The molecule has 4 heteroatoms. The number of pyridine rings is 1. The number of aromatic nitrogens is 1. The van der Waals surface area contributed by atoms with Crippen molar-refractivity contribution >= 4 is 11.6 Å². The van der Waals surface area contributed by atoms with Crippen LogP contribution in [0.3, 0.4) is 0 Å². The van der Waals surface area contributed by atoms with Gasteiger partial charge in [-0.25, -0.2) is 4.39 Å². The van der Waals surface area contributed by atoms with Crippen LogP contribution in [0.15, 0.2) is 36.5 Å². The molecule has 0 radical (unpaired) electrons. The molecule has 1 N–H and O–H groups in total. The molecule has 0 bridgehead atoms. The normalized spacial score (nSPS) is 12.4. The second kappa shape index (κ2) is 5.46. The average Bonchev–Trinajstić information content (AvgIpc) is 2.34. The van der Waals surface area contributed by atoms with Crippen molar-refractivity contribution < 1.29 is 9.50 Å². The van der Waals surface area contributed by atoms with Crippen LogP contribution in [0.1, 0.15) is 22.9 Å². The molecule has 2 aromatic rings. The Hall–Kier alpha value is -1.45. The van der Waals surface area contributed by atoms with E-state index in [0.29, 0.717) is 16.1 Å². The second-order valence-electron chi connectivity index (χ2n) is 4.19. The molecule has 0 aliphatic heterocycles. The van der Waals surface area contributed by atoms with Crippen molar-refractivity contribution in [2.45, 2.75) is 19.4 Å². The van der Waals surface area contributed by atoms with E-state index in [1.807, 2.05) is 13.0 Å². The van der Waals surface area contributed by atoms with Gasteiger partial charge in [-0.05, 0) is 42.3 Å². The molecule has 1 aromatic carbocycles. The van der Waals surface area contributed by atoms with Crippen LogP contribution in [0, 0.1) is 12.7 Å². The number of hydrogen-bond acceptors (Lipinski definition) is 2. The lowest BCUT2D eigenvalue weighted by molar-refractivity contribution is 0.176. The van der Waals surface area contributed by atoms with Crippen LogP contribution in [-0.4, -0.2) is 10.1 Å².